The van der Waals surface area contributed by atoms with Gasteiger partial charge in [-0.15, -0.1) is 0 Å². The maximum absolute atomic E-state index is 5.71. The number of nitrogens with zero attached hydrogens (tertiary/aromatic N) is 2. The van der Waals surface area contributed by atoms with Crippen molar-refractivity contribution in [1.29, 1.82) is 0 Å². The van der Waals surface area contributed by atoms with Gasteiger partial charge in [0.2, 0.25) is 0 Å². The van der Waals surface area contributed by atoms with E-state index in [4.69, 9.17) is 9.15 Å². The summed E-state index contributed by atoms with van der Waals surface area (Å²) >= 11 is 0. The molecular formula is C18H26N2O2. The number of aromatic nitrogens is 1. The highest BCUT2D eigenvalue weighted by Gasteiger charge is 2.17. The van der Waals surface area contributed by atoms with Crippen molar-refractivity contribution < 1.29 is 9.15 Å². The second-order valence-electron chi connectivity index (χ2n) is 6.06. The zero-order valence-corrected chi connectivity index (χ0v) is 14.4. The fourth-order valence-corrected chi connectivity index (χ4v) is 2.61. The number of hydrogen-bond donors (Lipinski definition) is 0. The fourth-order valence-electron chi connectivity index (χ4n) is 2.61. The first-order valence-electron chi connectivity index (χ1n) is 7.70. The Morgan fingerprint density at radius 1 is 1.18 bits per heavy atom. The Kier molecular flexibility index (Phi) is 5.24. The van der Waals surface area contributed by atoms with Gasteiger partial charge in [0.25, 0.3) is 0 Å². The predicted molar refractivity (Wildman–Crippen MR) is 88.1 cm³/mol. The number of ether oxygens (including phenoxy) is 1. The van der Waals surface area contributed by atoms with Gasteiger partial charge in [-0.05, 0) is 46.8 Å². The van der Waals surface area contributed by atoms with E-state index in [0.29, 0.717) is 6.04 Å². The van der Waals surface area contributed by atoms with Crippen LogP contribution in [0.1, 0.15) is 42.2 Å². The molecule has 120 valence electrons. The minimum Gasteiger partial charge on any atom is -0.496 e. The molecule has 0 aliphatic heterocycles. The Labute approximate surface area is 133 Å². The summed E-state index contributed by atoms with van der Waals surface area (Å²) in [5, 5.41) is 0. The molecule has 2 aromatic rings. The topological polar surface area (TPSA) is 38.5 Å². The van der Waals surface area contributed by atoms with Crippen molar-refractivity contribution in [3.05, 3.63) is 46.7 Å². The predicted octanol–water partition coefficient (Wildman–Crippen LogP) is 4.02. The fraction of sp³-hybridized carbons (Fsp3) is 0.500. The van der Waals surface area contributed by atoms with Gasteiger partial charge in [0.15, 0.2) is 0 Å². The lowest BCUT2D eigenvalue weighted by Gasteiger charge is -2.26. The average Bonchev–Trinajstić information content (AvgIpc) is 2.86. The highest BCUT2D eigenvalue weighted by molar-refractivity contribution is 5.41. The third-order valence-corrected chi connectivity index (χ3v) is 3.99. The summed E-state index contributed by atoms with van der Waals surface area (Å²) in [5.74, 6) is 2.87. The molecule has 2 rings (SSSR count). The molecule has 0 amide bonds. The molecule has 2 aromatic heterocycles. The van der Waals surface area contributed by atoms with Crippen molar-refractivity contribution in [3.63, 3.8) is 0 Å². The molecule has 0 saturated carbocycles. The van der Waals surface area contributed by atoms with Crippen LogP contribution in [0.3, 0.4) is 0 Å². The maximum Gasteiger partial charge on any atom is 0.128 e. The molecule has 0 atom stereocenters. The van der Waals surface area contributed by atoms with Crippen molar-refractivity contribution in [2.24, 2.45) is 0 Å². The van der Waals surface area contributed by atoms with Crippen LogP contribution in [0, 0.1) is 20.8 Å². The van der Waals surface area contributed by atoms with E-state index >= 15 is 0 Å². The average molecular weight is 302 g/mol. The summed E-state index contributed by atoms with van der Waals surface area (Å²) in [4.78, 5) is 6.95. The molecule has 0 N–H and O–H groups in total. The van der Waals surface area contributed by atoms with E-state index in [1.165, 1.54) is 0 Å². The second kappa shape index (κ2) is 6.97. The van der Waals surface area contributed by atoms with Crippen molar-refractivity contribution in [2.75, 3.05) is 7.11 Å². The maximum atomic E-state index is 5.71. The standard InChI is InChI=1S/C18H26N2O2/c1-12(2)20(10-16-8-7-14(4)22-16)11-17-15(5)18(21-6)13(3)9-19-17/h7-9,12H,10-11H2,1-6H3. The first-order chi connectivity index (χ1) is 10.4. The first-order valence-corrected chi connectivity index (χ1v) is 7.70. The minimum atomic E-state index is 0.402. The monoisotopic (exact) mass is 302 g/mol. The van der Waals surface area contributed by atoms with E-state index in [-0.39, 0.29) is 0 Å². The normalized spacial score (nSPS) is 11.5. The van der Waals surface area contributed by atoms with Crippen LogP contribution in [0.5, 0.6) is 5.75 Å². The van der Waals surface area contributed by atoms with E-state index in [1.54, 1.807) is 7.11 Å². The van der Waals surface area contributed by atoms with E-state index in [1.807, 2.05) is 32.2 Å². The molecule has 0 radical (unpaired) electrons. The van der Waals surface area contributed by atoms with Crippen molar-refractivity contribution in [2.45, 2.75) is 53.8 Å². The largest absolute Gasteiger partial charge is 0.496 e. The number of rotatable bonds is 6. The molecule has 0 aromatic carbocycles. The van der Waals surface area contributed by atoms with Gasteiger partial charge >= 0.3 is 0 Å². The van der Waals surface area contributed by atoms with Gasteiger partial charge in [0.1, 0.15) is 17.3 Å². The van der Waals surface area contributed by atoms with Crippen LogP contribution in [0.4, 0.5) is 0 Å². The Morgan fingerprint density at radius 3 is 2.45 bits per heavy atom. The number of aryl methyl sites for hydroxylation is 2. The summed E-state index contributed by atoms with van der Waals surface area (Å²) < 4.78 is 11.2. The molecule has 0 bridgehead atoms. The molecule has 0 spiro atoms. The lowest BCUT2D eigenvalue weighted by Crippen LogP contribution is -2.30. The number of hydrogen-bond acceptors (Lipinski definition) is 4. The zero-order valence-electron chi connectivity index (χ0n) is 14.4. The van der Waals surface area contributed by atoms with Gasteiger partial charge in [-0.3, -0.25) is 9.88 Å². The zero-order chi connectivity index (χ0) is 16.3. The van der Waals surface area contributed by atoms with Crippen LogP contribution in [0.25, 0.3) is 0 Å². The third kappa shape index (κ3) is 3.69. The summed E-state index contributed by atoms with van der Waals surface area (Å²) in [7, 11) is 1.71. The molecule has 22 heavy (non-hydrogen) atoms. The van der Waals surface area contributed by atoms with E-state index in [2.05, 4.69) is 30.7 Å². The van der Waals surface area contributed by atoms with Crippen LogP contribution in [0.15, 0.2) is 22.7 Å². The molecule has 0 fully saturated rings. The number of pyridine rings is 1. The van der Waals surface area contributed by atoms with Gasteiger partial charge in [-0.1, -0.05) is 0 Å². The third-order valence-electron chi connectivity index (χ3n) is 3.99. The highest BCUT2D eigenvalue weighted by Crippen LogP contribution is 2.25. The van der Waals surface area contributed by atoms with E-state index in [9.17, 15) is 0 Å². The minimum absolute atomic E-state index is 0.402. The molecule has 0 aliphatic rings. The van der Waals surface area contributed by atoms with Gasteiger partial charge in [-0.2, -0.15) is 0 Å². The summed E-state index contributed by atoms with van der Waals surface area (Å²) in [6, 6.07) is 4.45. The summed E-state index contributed by atoms with van der Waals surface area (Å²) in [5.41, 5.74) is 3.24. The molecule has 0 aliphatic carbocycles. The summed E-state index contributed by atoms with van der Waals surface area (Å²) in [6.07, 6.45) is 1.89. The highest BCUT2D eigenvalue weighted by atomic mass is 16.5. The van der Waals surface area contributed by atoms with Gasteiger partial charge in [-0.25, -0.2) is 0 Å². The Morgan fingerprint density at radius 2 is 1.91 bits per heavy atom. The van der Waals surface area contributed by atoms with Crippen LogP contribution in [0.2, 0.25) is 0 Å². The van der Waals surface area contributed by atoms with Gasteiger partial charge < -0.3 is 9.15 Å². The van der Waals surface area contributed by atoms with Crippen LogP contribution in [-0.2, 0) is 13.1 Å². The molecule has 0 saturated heterocycles. The van der Waals surface area contributed by atoms with E-state index in [0.717, 1.165) is 47.2 Å². The second-order valence-corrected chi connectivity index (χ2v) is 6.06. The first kappa shape index (κ1) is 16.6. The number of methoxy groups -OCH3 is 1. The lowest BCUT2D eigenvalue weighted by molar-refractivity contribution is 0.184. The Bertz CT molecular complexity index is 632. The smallest absolute Gasteiger partial charge is 0.128 e. The van der Waals surface area contributed by atoms with Crippen LogP contribution >= 0.6 is 0 Å². The quantitative estimate of drug-likeness (QED) is 0.808. The molecule has 4 nitrogen and oxygen atoms in total. The van der Waals surface area contributed by atoms with Crippen molar-refractivity contribution in [1.82, 2.24) is 9.88 Å². The van der Waals surface area contributed by atoms with Crippen molar-refractivity contribution in [3.8, 4) is 5.75 Å². The van der Waals surface area contributed by atoms with Gasteiger partial charge in [0, 0.05) is 29.9 Å². The van der Waals surface area contributed by atoms with Crippen LogP contribution in [-0.4, -0.2) is 23.0 Å². The molecular weight excluding hydrogens is 276 g/mol. The lowest BCUT2D eigenvalue weighted by atomic mass is 10.1. The summed E-state index contributed by atoms with van der Waals surface area (Å²) in [6.45, 7) is 12.0. The van der Waals surface area contributed by atoms with E-state index < -0.39 is 0 Å². The molecule has 4 heteroatoms. The Balaban J connectivity index is 2.21. The number of furan rings is 1. The van der Waals surface area contributed by atoms with Crippen molar-refractivity contribution >= 4 is 0 Å². The SMILES string of the molecule is COc1c(C)cnc(CN(Cc2ccc(C)o2)C(C)C)c1C. The van der Waals surface area contributed by atoms with Crippen LogP contribution < -0.4 is 4.74 Å². The van der Waals surface area contributed by atoms with Gasteiger partial charge in [0.05, 0.1) is 19.3 Å². The Hall–Kier alpha value is -1.81. The molecule has 2 heterocycles. The molecule has 0 unspecified atom stereocenters.